The number of hydrogen-bond acceptors (Lipinski definition) is 3. The van der Waals surface area contributed by atoms with Gasteiger partial charge in [-0.25, -0.2) is 8.78 Å². The van der Waals surface area contributed by atoms with Gasteiger partial charge in [0.15, 0.2) is 0 Å². The number of alkyl halides is 2. The van der Waals surface area contributed by atoms with Crippen LogP contribution in [0.2, 0.25) is 0 Å². The Morgan fingerprint density at radius 2 is 2.18 bits per heavy atom. The summed E-state index contributed by atoms with van der Waals surface area (Å²) >= 11 is -0.866. The SMILES string of the molecule is N[S+]([O-])c1ccc(C(F)F)s1. The molecule has 0 bridgehead atoms. The second-order valence-electron chi connectivity index (χ2n) is 1.75. The zero-order valence-electron chi connectivity index (χ0n) is 5.29. The van der Waals surface area contributed by atoms with Crippen molar-refractivity contribution < 1.29 is 13.3 Å². The third-order valence-corrected chi connectivity index (χ3v) is 3.18. The molecule has 0 aliphatic carbocycles. The van der Waals surface area contributed by atoms with E-state index >= 15 is 0 Å². The maximum absolute atomic E-state index is 11.9. The zero-order chi connectivity index (χ0) is 8.43. The molecular formula is C5H5F2NOS2. The van der Waals surface area contributed by atoms with Crippen molar-refractivity contribution in [2.45, 2.75) is 10.6 Å². The normalized spacial score (nSPS) is 13.9. The number of nitrogens with two attached hydrogens (primary N) is 1. The van der Waals surface area contributed by atoms with Crippen molar-refractivity contribution in [3.63, 3.8) is 0 Å². The lowest BCUT2D eigenvalue weighted by molar-refractivity contribution is 0.155. The van der Waals surface area contributed by atoms with Crippen LogP contribution in [0.4, 0.5) is 8.78 Å². The van der Waals surface area contributed by atoms with E-state index in [1.54, 1.807) is 0 Å². The maximum atomic E-state index is 11.9. The molecule has 1 aromatic heterocycles. The summed E-state index contributed by atoms with van der Waals surface area (Å²) in [5, 5.41) is 4.96. The highest BCUT2D eigenvalue weighted by atomic mass is 32.2. The molecular weight excluding hydrogens is 192 g/mol. The second-order valence-corrected chi connectivity index (χ2v) is 4.16. The first-order chi connectivity index (χ1) is 5.11. The number of rotatable bonds is 2. The minimum atomic E-state index is -2.50. The van der Waals surface area contributed by atoms with Crippen LogP contribution in [0.1, 0.15) is 11.3 Å². The summed E-state index contributed by atoms with van der Waals surface area (Å²) in [6.07, 6.45) is -2.50. The molecule has 1 heterocycles. The summed E-state index contributed by atoms with van der Waals surface area (Å²) < 4.78 is 34.6. The van der Waals surface area contributed by atoms with Gasteiger partial charge < -0.3 is 4.55 Å². The Balaban J connectivity index is 2.82. The molecule has 0 amide bonds. The molecule has 0 spiro atoms. The molecule has 0 aliphatic heterocycles. The summed E-state index contributed by atoms with van der Waals surface area (Å²) in [7, 11) is 0. The van der Waals surface area contributed by atoms with Crippen LogP contribution < -0.4 is 5.14 Å². The van der Waals surface area contributed by atoms with Crippen LogP contribution in [0.25, 0.3) is 0 Å². The average molecular weight is 197 g/mol. The van der Waals surface area contributed by atoms with Crippen LogP contribution >= 0.6 is 11.3 Å². The summed E-state index contributed by atoms with van der Waals surface area (Å²) in [4.78, 5) is -0.0983. The number of hydrogen-bond donors (Lipinski definition) is 1. The smallest absolute Gasteiger partial charge is 0.273 e. The summed E-state index contributed by atoms with van der Waals surface area (Å²) in [5.74, 6) is 0. The largest absolute Gasteiger partial charge is 0.592 e. The molecule has 1 unspecified atom stereocenters. The Hall–Kier alpha value is -0.170. The molecule has 2 N–H and O–H groups in total. The molecule has 0 saturated carbocycles. The van der Waals surface area contributed by atoms with E-state index in [1.165, 1.54) is 12.1 Å². The first kappa shape index (κ1) is 8.92. The van der Waals surface area contributed by atoms with Crippen LogP contribution in [-0.2, 0) is 11.4 Å². The molecule has 2 nitrogen and oxygen atoms in total. The Morgan fingerprint density at radius 1 is 1.55 bits per heavy atom. The van der Waals surface area contributed by atoms with Gasteiger partial charge in [-0.05, 0) is 6.07 Å². The summed E-state index contributed by atoms with van der Waals surface area (Å²) in [6.45, 7) is 0. The van der Waals surface area contributed by atoms with Crippen LogP contribution in [0.3, 0.4) is 0 Å². The first-order valence-corrected chi connectivity index (χ1v) is 4.68. The van der Waals surface area contributed by atoms with E-state index in [1.807, 2.05) is 0 Å². The van der Waals surface area contributed by atoms with Gasteiger partial charge in [0.25, 0.3) is 6.43 Å². The maximum Gasteiger partial charge on any atom is 0.273 e. The van der Waals surface area contributed by atoms with Gasteiger partial charge >= 0.3 is 0 Å². The van der Waals surface area contributed by atoms with Crippen molar-refractivity contribution in [1.82, 2.24) is 0 Å². The van der Waals surface area contributed by atoms with Crippen LogP contribution in [0.5, 0.6) is 0 Å². The lowest BCUT2D eigenvalue weighted by Gasteiger charge is -1.96. The Morgan fingerprint density at radius 3 is 2.45 bits per heavy atom. The van der Waals surface area contributed by atoms with Gasteiger partial charge in [0.05, 0.1) is 16.2 Å². The quantitative estimate of drug-likeness (QED) is 0.733. The van der Waals surface area contributed by atoms with Crippen molar-refractivity contribution in [3.05, 3.63) is 17.0 Å². The molecule has 62 valence electrons. The topological polar surface area (TPSA) is 49.1 Å². The van der Waals surface area contributed by atoms with Crippen LogP contribution in [-0.4, -0.2) is 4.55 Å². The minimum absolute atomic E-state index is 0.0983. The fraction of sp³-hybridized carbons (Fsp3) is 0.200. The van der Waals surface area contributed by atoms with E-state index < -0.39 is 17.8 Å². The van der Waals surface area contributed by atoms with Gasteiger partial charge in [0.1, 0.15) is 0 Å². The zero-order valence-corrected chi connectivity index (χ0v) is 6.92. The highest BCUT2D eigenvalue weighted by Gasteiger charge is 2.15. The van der Waals surface area contributed by atoms with Crippen LogP contribution in [0.15, 0.2) is 16.3 Å². The minimum Gasteiger partial charge on any atom is -0.592 e. The molecule has 11 heavy (non-hydrogen) atoms. The molecule has 0 aromatic carbocycles. The summed E-state index contributed by atoms with van der Waals surface area (Å²) in [6, 6.07) is 2.58. The van der Waals surface area contributed by atoms with Gasteiger partial charge in [0.2, 0.25) is 4.21 Å². The van der Waals surface area contributed by atoms with Crippen molar-refractivity contribution in [1.29, 1.82) is 0 Å². The van der Waals surface area contributed by atoms with E-state index in [4.69, 9.17) is 5.14 Å². The first-order valence-electron chi connectivity index (χ1n) is 2.65. The molecule has 1 aromatic rings. The van der Waals surface area contributed by atoms with Crippen molar-refractivity contribution >= 4 is 22.7 Å². The highest BCUT2D eigenvalue weighted by molar-refractivity contribution is 7.91. The van der Waals surface area contributed by atoms with Crippen LogP contribution in [0, 0.1) is 0 Å². The molecule has 6 heteroatoms. The van der Waals surface area contributed by atoms with Gasteiger partial charge in [-0.1, -0.05) is 11.3 Å². The molecule has 0 aliphatic rings. The number of thiophene rings is 1. The van der Waals surface area contributed by atoms with Crippen molar-refractivity contribution in [3.8, 4) is 0 Å². The van der Waals surface area contributed by atoms with Gasteiger partial charge in [-0.2, -0.15) is 0 Å². The Kier molecular flexibility index (Phi) is 2.83. The number of halogens is 2. The van der Waals surface area contributed by atoms with Gasteiger partial charge in [0, 0.05) is 6.07 Å². The Labute approximate surface area is 69.3 Å². The van der Waals surface area contributed by atoms with E-state index in [9.17, 15) is 13.3 Å². The van der Waals surface area contributed by atoms with Crippen molar-refractivity contribution in [2.24, 2.45) is 5.14 Å². The lowest BCUT2D eigenvalue weighted by Crippen LogP contribution is -2.09. The van der Waals surface area contributed by atoms with E-state index in [0.717, 1.165) is 11.3 Å². The van der Waals surface area contributed by atoms with E-state index in [2.05, 4.69) is 0 Å². The van der Waals surface area contributed by atoms with Gasteiger partial charge in [-0.3, -0.25) is 0 Å². The highest BCUT2D eigenvalue weighted by Crippen LogP contribution is 2.28. The lowest BCUT2D eigenvalue weighted by atomic mass is 10.5. The fourth-order valence-corrected chi connectivity index (χ4v) is 1.97. The van der Waals surface area contributed by atoms with E-state index in [-0.39, 0.29) is 9.09 Å². The molecule has 0 radical (unpaired) electrons. The Bertz CT molecular complexity index is 216. The predicted molar refractivity (Wildman–Crippen MR) is 39.9 cm³/mol. The second kappa shape index (κ2) is 3.48. The van der Waals surface area contributed by atoms with Gasteiger partial charge in [-0.15, -0.1) is 5.14 Å². The monoisotopic (exact) mass is 197 g/mol. The molecule has 1 rings (SSSR count). The predicted octanol–water partition coefficient (Wildman–Crippen LogP) is 1.67. The van der Waals surface area contributed by atoms with Crippen molar-refractivity contribution in [2.75, 3.05) is 0 Å². The molecule has 1 atom stereocenters. The third kappa shape index (κ3) is 2.13. The molecule has 0 fully saturated rings. The summed E-state index contributed by atoms with van der Waals surface area (Å²) in [5.41, 5.74) is 0. The van der Waals surface area contributed by atoms with E-state index in [0.29, 0.717) is 0 Å². The fourth-order valence-electron chi connectivity index (χ4n) is 0.560. The molecule has 0 saturated heterocycles. The third-order valence-electron chi connectivity index (χ3n) is 1.02. The standard InChI is InChI=1S/C5H5F2NOS2/c6-5(7)3-1-2-4(10-3)11(8)9/h1-2,5H,8H2. The average Bonchev–Trinajstić information content (AvgIpc) is 2.33.